The van der Waals surface area contributed by atoms with Gasteiger partial charge in [0.25, 0.3) is 0 Å². The van der Waals surface area contributed by atoms with Gasteiger partial charge in [0.15, 0.2) is 0 Å². The molecule has 1 saturated heterocycles. The standard InChI is InChI=1S/C17H26FN3O/c1-13-3-4-16(15(18)11-13)20-17(22)12-21-9-6-14(7-10-21)5-8-19-2/h3-4,11,14,19H,5-10,12H2,1-2H3,(H,20,22). The van der Waals surface area contributed by atoms with Gasteiger partial charge >= 0.3 is 0 Å². The smallest absolute Gasteiger partial charge is 0.238 e. The van der Waals surface area contributed by atoms with Crippen molar-refractivity contribution in [3.63, 3.8) is 0 Å². The molecule has 1 heterocycles. The average Bonchev–Trinajstić information content (AvgIpc) is 2.49. The van der Waals surface area contributed by atoms with Crippen LogP contribution in [0.15, 0.2) is 18.2 Å². The summed E-state index contributed by atoms with van der Waals surface area (Å²) in [6.45, 7) is 5.10. The lowest BCUT2D eigenvalue weighted by Crippen LogP contribution is -2.39. The summed E-state index contributed by atoms with van der Waals surface area (Å²) < 4.78 is 13.7. The van der Waals surface area contributed by atoms with E-state index in [9.17, 15) is 9.18 Å². The van der Waals surface area contributed by atoms with Crippen molar-refractivity contribution in [2.45, 2.75) is 26.2 Å². The van der Waals surface area contributed by atoms with Crippen molar-refractivity contribution in [1.82, 2.24) is 10.2 Å². The number of nitrogens with one attached hydrogen (secondary N) is 2. The first-order valence-electron chi connectivity index (χ1n) is 8.01. The minimum Gasteiger partial charge on any atom is -0.322 e. The van der Waals surface area contributed by atoms with Crippen molar-refractivity contribution < 1.29 is 9.18 Å². The first-order valence-corrected chi connectivity index (χ1v) is 8.01. The Kier molecular flexibility index (Phi) is 6.34. The molecular formula is C17H26FN3O. The van der Waals surface area contributed by atoms with Gasteiger partial charge in [-0.05, 0) is 76.5 Å². The van der Waals surface area contributed by atoms with Gasteiger partial charge in [-0.25, -0.2) is 4.39 Å². The highest BCUT2D eigenvalue weighted by Gasteiger charge is 2.20. The molecule has 1 aliphatic rings. The van der Waals surface area contributed by atoms with Crippen molar-refractivity contribution in [2.75, 3.05) is 38.5 Å². The molecule has 0 atom stereocenters. The maximum atomic E-state index is 13.7. The topological polar surface area (TPSA) is 44.4 Å². The number of carbonyl (C=O) groups is 1. The lowest BCUT2D eigenvalue weighted by molar-refractivity contribution is -0.117. The Bertz CT molecular complexity index is 499. The zero-order valence-electron chi connectivity index (χ0n) is 13.5. The molecule has 122 valence electrons. The zero-order chi connectivity index (χ0) is 15.9. The van der Waals surface area contributed by atoms with Crippen LogP contribution in [0.3, 0.4) is 0 Å². The molecule has 0 aliphatic carbocycles. The Balaban J connectivity index is 1.76. The number of anilines is 1. The highest BCUT2D eigenvalue weighted by molar-refractivity contribution is 5.92. The van der Waals surface area contributed by atoms with E-state index in [4.69, 9.17) is 0 Å². The molecule has 5 heteroatoms. The van der Waals surface area contributed by atoms with Gasteiger partial charge in [-0.2, -0.15) is 0 Å². The lowest BCUT2D eigenvalue weighted by Gasteiger charge is -2.31. The molecule has 2 N–H and O–H groups in total. The summed E-state index contributed by atoms with van der Waals surface area (Å²) in [5, 5.41) is 5.85. The van der Waals surface area contributed by atoms with E-state index in [0.717, 1.165) is 44.0 Å². The number of halogens is 1. The Morgan fingerprint density at radius 1 is 1.36 bits per heavy atom. The van der Waals surface area contributed by atoms with Gasteiger partial charge in [0, 0.05) is 0 Å². The van der Waals surface area contributed by atoms with E-state index in [0.29, 0.717) is 6.54 Å². The summed E-state index contributed by atoms with van der Waals surface area (Å²) in [6.07, 6.45) is 3.47. The predicted molar refractivity (Wildman–Crippen MR) is 87.5 cm³/mol. The van der Waals surface area contributed by atoms with E-state index in [1.54, 1.807) is 12.1 Å². The molecule has 1 amide bonds. The molecule has 1 aromatic rings. The highest BCUT2D eigenvalue weighted by atomic mass is 19.1. The molecule has 0 radical (unpaired) electrons. The maximum Gasteiger partial charge on any atom is 0.238 e. The number of likely N-dealkylation sites (tertiary alicyclic amines) is 1. The van der Waals surface area contributed by atoms with E-state index in [1.807, 2.05) is 14.0 Å². The number of amides is 1. The number of piperidine rings is 1. The molecule has 1 aliphatic heterocycles. The molecule has 0 spiro atoms. The summed E-state index contributed by atoms with van der Waals surface area (Å²) >= 11 is 0. The number of hydrogen-bond donors (Lipinski definition) is 2. The Morgan fingerprint density at radius 2 is 2.09 bits per heavy atom. The molecule has 22 heavy (non-hydrogen) atoms. The van der Waals surface area contributed by atoms with Crippen LogP contribution in [-0.4, -0.2) is 44.0 Å². The normalized spacial score (nSPS) is 16.7. The van der Waals surface area contributed by atoms with Crippen molar-refractivity contribution >= 4 is 11.6 Å². The van der Waals surface area contributed by atoms with Crippen LogP contribution in [0.5, 0.6) is 0 Å². The van der Waals surface area contributed by atoms with Crippen LogP contribution in [-0.2, 0) is 4.79 Å². The monoisotopic (exact) mass is 307 g/mol. The van der Waals surface area contributed by atoms with Gasteiger partial charge in [0.2, 0.25) is 5.91 Å². The molecule has 1 fully saturated rings. The van der Waals surface area contributed by atoms with Crippen LogP contribution in [0.25, 0.3) is 0 Å². The minimum atomic E-state index is -0.376. The third-order valence-corrected chi connectivity index (χ3v) is 4.28. The number of rotatable bonds is 6. The molecule has 0 unspecified atom stereocenters. The highest BCUT2D eigenvalue weighted by Crippen LogP contribution is 2.20. The molecule has 0 aromatic heterocycles. The van der Waals surface area contributed by atoms with Gasteiger partial charge in [-0.15, -0.1) is 0 Å². The maximum absolute atomic E-state index is 13.7. The van der Waals surface area contributed by atoms with Crippen molar-refractivity contribution in [2.24, 2.45) is 5.92 Å². The molecule has 0 bridgehead atoms. The van der Waals surface area contributed by atoms with Gasteiger partial charge in [0.1, 0.15) is 5.82 Å². The molecule has 0 saturated carbocycles. The summed E-state index contributed by atoms with van der Waals surface area (Å²) in [7, 11) is 1.98. The van der Waals surface area contributed by atoms with Crippen LogP contribution in [0.1, 0.15) is 24.8 Å². The Labute approximate surface area is 132 Å². The first kappa shape index (κ1) is 16.9. The second-order valence-corrected chi connectivity index (χ2v) is 6.14. The number of aryl methyl sites for hydroxylation is 1. The van der Waals surface area contributed by atoms with Crippen LogP contribution in [0.2, 0.25) is 0 Å². The van der Waals surface area contributed by atoms with Crippen LogP contribution in [0.4, 0.5) is 10.1 Å². The van der Waals surface area contributed by atoms with Crippen molar-refractivity contribution in [1.29, 1.82) is 0 Å². The zero-order valence-corrected chi connectivity index (χ0v) is 13.5. The van der Waals surface area contributed by atoms with E-state index < -0.39 is 0 Å². The summed E-state index contributed by atoms with van der Waals surface area (Å²) in [4.78, 5) is 14.2. The Morgan fingerprint density at radius 3 is 2.73 bits per heavy atom. The second kappa shape index (κ2) is 8.25. The fraction of sp³-hybridized carbons (Fsp3) is 0.588. The molecular weight excluding hydrogens is 281 g/mol. The molecule has 4 nitrogen and oxygen atoms in total. The fourth-order valence-corrected chi connectivity index (χ4v) is 2.90. The number of nitrogens with zero attached hydrogens (tertiary/aromatic N) is 1. The largest absolute Gasteiger partial charge is 0.322 e. The third kappa shape index (κ3) is 5.07. The lowest BCUT2D eigenvalue weighted by atomic mass is 9.93. The van der Waals surface area contributed by atoms with Gasteiger partial charge in [0.05, 0.1) is 12.2 Å². The molecule has 2 rings (SSSR count). The number of hydrogen-bond acceptors (Lipinski definition) is 3. The van der Waals surface area contributed by atoms with Crippen LogP contribution >= 0.6 is 0 Å². The molecule has 1 aromatic carbocycles. The Hall–Kier alpha value is -1.46. The van der Waals surface area contributed by atoms with Crippen LogP contribution < -0.4 is 10.6 Å². The van der Waals surface area contributed by atoms with E-state index in [1.165, 1.54) is 12.5 Å². The van der Waals surface area contributed by atoms with Crippen molar-refractivity contribution in [3.05, 3.63) is 29.6 Å². The summed E-state index contributed by atoms with van der Waals surface area (Å²) in [6, 6.07) is 4.85. The van der Waals surface area contributed by atoms with Gasteiger partial charge < -0.3 is 10.6 Å². The third-order valence-electron chi connectivity index (χ3n) is 4.28. The van der Waals surface area contributed by atoms with E-state index in [-0.39, 0.29) is 17.4 Å². The van der Waals surface area contributed by atoms with Gasteiger partial charge in [-0.1, -0.05) is 6.07 Å². The quantitative estimate of drug-likeness (QED) is 0.848. The first-order chi connectivity index (χ1) is 10.6. The number of carbonyl (C=O) groups excluding carboxylic acids is 1. The number of benzene rings is 1. The fourth-order valence-electron chi connectivity index (χ4n) is 2.90. The van der Waals surface area contributed by atoms with E-state index >= 15 is 0 Å². The SMILES string of the molecule is CNCCC1CCN(CC(=O)Nc2ccc(C)cc2F)CC1. The predicted octanol–water partition coefficient (Wildman–Crippen LogP) is 2.39. The summed E-state index contributed by atoms with van der Waals surface area (Å²) in [5.41, 5.74) is 1.11. The summed E-state index contributed by atoms with van der Waals surface area (Å²) in [5.74, 6) is 0.233. The van der Waals surface area contributed by atoms with Crippen molar-refractivity contribution in [3.8, 4) is 0 Å². The minimum absolute atomic E-state index is 0.142. The average molecular weight is 307 g/mol. The van der Waals surface area contributed by atoms with E-state index in [2.05, 4.69) is 15.5 Å². The van der Waals surface area contributed by atoms with Gasteiger partial charge in [-0.3, -0.25) is 9.69 Å². The van der Waals surface area contributed by atoms with Crippen LogP contribution in [0, 0.1) is 18.7 Å². The second-order valence-electron chi connectivity index (χ2n) is 6.14.